The van der Waals surface area contributed by atoms with Crippen molar-refractivity contribution in [3.05, 3.63) is 11.1 Å². The molecular weight excluding hydrogens is 268 g/mol. The minimum absolute atomic E-state index is 0.205. The Balaban J connectivity index is 2.25. The van der Waals surface area contributed by atoms with Crippen molar-refractivity contribution in [1.29, 1.82) is 0 Å². The lowest BCUT2D eigenvalue weighted by molar-refractivity contribution is -0.114. The van der Waals surface area contributed by atoms with Gasteiger partial charge in [0.25, 0.3) is 5.91 Å². The van der Waals surface area contributed by atoms with Crippen LogP contribution in [-0.4, -0.2) is 50.1 Å². The number of methoxy groups -OCH3 is 1. The van der Waals surface area contributed by atoms with Gasteiger partial charge in [0.05, 0.1) is 6.61 Å². The quantitative estimate of drug-likeness (QED) is 0.588. The lowest BCUT2D eigenvalue weighted by atomic mass is 10.4. The first kappa shape index (κ1) is 15.5. The molecule has 0 atom stereocenters. The third-order valence-corrected chi connectivity index (χ3v) is 2.85. The number of hydrogen-bond acceptors (Lipinski definition) is 6. The van der Waals surface area contributed by atoms with Gasteiger partial charge in [0.2, 0.25) is 5.91 Å². The zero-order valence-electron chi connectivity index (χ0n) is 11.0. The number of carbonyl (C=O) groups is 2. The summed E-state index contributed by atoms with van der Waals surface area (Å²) >= 11 is 1.22. The molecule has 0 saturated carbocycles. The molecule has 19 heavy (non-hydrogen) atoms. The van der Waals surface area contributed by atoms with E-state index in [1.54, 1.807) is 12.5 Å². The van der Waals surface area contributed by atoms with Gasteiger partial charge in [-0.1, -0.05) is 0 Å². The van der Waals surface area contributed by atoms with Gasteiger partial charge < -0.3 is 20.7 Å². The average Bonchev–Trinajstić information content (AvgIpc) is 2.81. The normalized spacial score (nSPS) is 10.2. The van der Waals surface area contributed by atoms with Gasteiger partial charge in [0.15, 0.2) is 5.13 Å². The van der Waals surface area contributed by atoms with Crippen LogP contribution in [0.1, 0.15) is 17.4 Å². The van der Waals surface area contributed by atoms with Gasteiger partial charge in [-0.2, -0.15) is 0 Å². The van der Waals surface area contributed by atoms with Crippen LogP contribution in [0.5, 0.6) is 0 Å². The first-order valence-corrected chi connectivity index (χ1v) is 6.72. The topological polar surface area (TPSA) is 92.4 Å². The van der Waals surface area contributed by atoms with Gasteiger partial charge in [0.1, 0.15) is 5.69 Å². The van der Waals surface area contributed by atoms with Crippen LogP contribution in [0.3, 0.4) is 0 Å². The van der Waals surface area contributed by atoms with Gasteiger partial charge in [-0.3, -0.25) is 9.59 Å². The highest BCUT2D eigenvalue weighted by molar-refractivity contribution is 7.14. The molecule has 8 heteroatoms. The van der Waals surface area contributed by atoms with E-state index in [9.17, 15) is 9.59 Å². The van der Waals surface area contributed by atoms with E-state index in [2.05, 4.69) is 20.9 Å². The van der Waals surface area contributed by atoms with Gasteiger partial charge in [-0.25, -0.2) is 4.98 Å². The van der Waals surface area contributed by atoms with Crippen LogP contribution in [0.25, 0.3) is 0 Å². The monoisotopic (exact) mass is 286 g/mol. The molecule has 1 aromatic rings. The molecular formula is C11H18N4O3S. The van der Waals surface area contributed by atoms with Gasteiger partial charge in [-0.15, -0.1) is 11.3 Å². The highest BCUT2D eigenvalue weighted by Crippen LogP contribution is 2.14. The molecule has 0 saturated heterocycles. The second-order valence-electron chi connectivity index (χ2n) is 3.72. The molecule has 0 unspecified atom stereocenters. The Hall–Kier alpha value is -1.51. The Kier molecular flexibility index (Phi) is 7.01. The maximum absolute atomic E-state index is 11.7. The molecule has 0 spiro atoms. The first-order chi connectivity index (χ1) is 9.13. The molecule has 106 valence electrons. The van der Waals surface area contributed by atoms with Crippen LogP contribution >= 0.6 is 11.3 Å². The lowest BCUT2D eigenvalue weighted by Crippen LogP contribution is -2.33. The summed E-state index contributed by atoms with van der Waals surface area (Å²) in [6.45, 7) is 3.95. The molecule has 1 heterocycles. The zero-order valence-corrected chi connectivity index (χ0v) is 11.8. The largest absolute Gasteiger partial charge is 0.383 e. The molecule has 0 fully saturated rings. The van der Waals surface area contributed by atoms with Crippen molar-refractivity contribution in [2.24, 2.45) is 0 Å². The van der Waals surface area contributed by atoms with Crippen LogP contribution in [0.2, 0.25) is 0 Å². The molecule has 0 aliphatic heterocycles. The van der Waals surface area contributed by atoms with Crippen molar-refractivity contribution < 1.29 is 14.3 Å². The third-order valence-electron chi connectivity index (χ3n) is 2.09. The van der Waals surface area contributed by atoms with Crippen LogP contribution in [0.15, 0.2) is 5.38 Å². The SMILES string of the molecule is COCCNCCNC(=O)c1csc(NC(C)=O)n1. The molecule has 0 aliphatic rings. The number of carbonyl (C=O) groups excluding carboxylic acids is 2. The van der Waals surface area contributed by atoms with Crippen molar-refractivity contribution in [3.8, 4) is 0 Å². The lowest BCUT2D eigenvalue weighted by Gasteiger charge is -2.05. The van der Waals surface area contributed by atoms with E-state index in [1.807, 2.05) is 0 Å². The van der Waals surface area contributed by atoms with Crippen molar-refractivity contribution >= 4 is 28.3 Å². The summed E-state index contributed by atoms with van der Waals surface area (Å²) in [5.41, 5.74) is 0.311. The summed E-state index contributed by atoms with van der Waals surface area (Å²) in [5.74, 6) is -0.454. The number of anilines is 1. The maximum atomic E-state index is 11.7. The van der Waals surface area contributed by atoms with E-state index in [-0.39, 0.29) is 11.8 Å². The Morgan fingerprint density at radius 3 is 2.84 bits per heavy atom. The van der Waals surface area contributed by atoms with E-state index in [0.717, 1.165) is 6.54 Å². The fraction of sp³-hybridized carbons (Fsp3) is 0.545. The Bertz CT molecular complexity index is 422. The Morgan fingerprint density at radius 2 is 2.16 bits per heavy atom. The highest BCUT2D eigenvalue weighted by Gasteiger charge is 2.10. The second-order valence-corrected chi connectivity index (χ2v) is 4.58. The number of hydrogen-bond donors (Lipinski definition) is 3. The summed E-state index contributed by atoms with van der Waals surface area (Å²) in [5, 5.41) is 10.4. The van der Waals surface area contributed by atoms with E-state index in [1.165, 1.54) is 18.3 Å². The number of amides is 2. The molecule has 3 N–H and O–H groups in total. The van der Waals surface area contributed by atoms with E-state index in [4.69, 9.17) is 4.74 Å². The highest BCUT2D eigenvalue weighted by atomic mass is 32.1. The van der Waals surface area contributed by atoms with E-state index < -0.39 is 0 Å². The molecule has 0 radical (unpaired) electrons. The van der Waals surface area contributed by atoms with Gasteiger partial charge in [0, 0.05) is 39.0 Å². The van der Waals surface area contributed by atoms with Gasteiger partial charge in [-0.05, 0) is 0 Å². The number of rotatable bonds is 8. The molecule has 0 bridgehead atoms. The molecule has 7 nitrogen and oxygen atoms in total. The second kappa shape index (κ2) is 8.57. The molecule has 1 aromatic heterocycles. The third kappa shape index (κ3) is 6.27. The molecule has 2 amide bonds. The van der Waals surface area contributed by atoms with E-state index in [0.29, 0.717) is 30.5 Å². The Morgan fingerprint density at radius 1 is 1.37 bits per heavy atom. The number of nitrogens with zero attached hydrogens (tertiary/aromatic N) is 1. The summed E-state index contributed by atoms with van der Waals surface area (Å²) in [6.07, 6.45) is 0. The fourth-order valence-electron chi connectivity index (χ4n) is 1.24. The predicted molar refractivity (Wildman–Crippen MR) is 73.5 cm³/mol. The number of ether oxygens (including phenoxy) is 1. The van der Waals surface area contributed by atoms with Crippen molar-refractivity contribution in [2.45, 2.75) is 6.92 Å². The summed E-state index contributed by atoms with van der Waals surface area (Å²) < 4.78 is 4.88. The predicted octanol–water partition coefficient (Wildman–Crippen LogP) is 0.0673. The van der Waals surface area contributed by atoms with Crippen LogP contribution in [-0.2, 0) is 9.53 Å². The van der Waals surface area contributed by atoms with Crippen LogP contribution in [0.4, 0.5) is 5.13 Å². The average molecular weight is 286 g/mol. The fourth-order valence-corrected chi connectivity index (χ4v) is 1.98. The Labute approximate surface area is 115 Å². The molecule has 1 rings (SSSR count). The van der Waals surface area contributed by atoms with Crippen molar-refractivity contribution in [2.75, 3.05) is 38.7 Å². The minimum atomic E-state index is -0.249. The van der Waals surface area contributed by atoms with Crippen molar-refractivity contribution in [1.82, 2.24) is 15.6 Å². The van der Waals surface area contributed by atoms with E-state index >= 15 is 0 Å². The maximum Gasteiger partial charge on any atom is 0.270 e. The van der Waals surface area contributed by atoms with Gasteiger partial charge >= 0.3 is 0 Å². The summed E-state index contributed by atoms with van der Waals surface area (Å²) in [6, 6.07) is 0. The summed E-state index contributed by atoms with van der Waals surface area (Å²) in [4.78, 5) is 26.5. The van der Waals surface area contributed by atoms with Crippen LogP contribution in [0, 0.1) is 0 Å². The smallest absolute Gasteiger partial charge is 0.270 e. The number of thiazole rings is 1. The van der Waals surface area contributed by atoms with Crippen LogP contribution < -0.4 is 16.0 Å². The van der Waals surface area contributed by atoms with Crippen molar-refractivity contribution in [3.63, 3.8) is 0 Å². The number of nitrogens with one attached hydrogen (secondary N) is 3. The standard InChI is InChI=1S/C11H18N4O3S/c1-8(16)14-11-15-9(7-19-11)10(17)13-4-3-12-5-6-18-2/h7,12H,3-6H2,1-2H3,(H,13,17)(H,14,15,16). The molecule has 0 aliphatic carbocycles. The zero-order chi connectivity index (χ0) is 14.1. The first-order valence-electron chi connectivity index (χ1n) is 5.84. The minimum Gasteiger partial charge on any atom is -0.383 e. The molecule has 0 aromatic carbocycles. The number of aromatic nitrogens is 1. The summed E-state index contributed by atoms with van der Waals surface area (Å²) in [7, 11) is 1.64.